The molecule has 0 saturated heterocycles. The number of hydrogen-bond acceptors (Lipinski definition) is 7. The molecular weight excluding hydrogens is 340 g/mol. The summed E-state index contributed by atoms with van der Waals surface area (Å²) in [6.45, 7) is -0.0865. The minimum Gasteiger partial charge on any atom is -0.481 e. The first kappa shape index (κ1) is 22.3. The average molecular weight is 362 g/mol. The normalized spacial score (nSPS) is 13.9. The minimum atomic E-state index is -1.52. The van der Waals surface area contributed by atoms with Crippen LogP contribution in [0.3, 0.4) is 0 Å². The lowest BCUT2D eigenvalue weighted by Crippen LogP contribution is -2.53. The van der Waals surface area contributed by atoms with Crippen LogP contribution in [0.15, 0.2) is 0 Å². The Bertz CT molecular complexity index is 522. The third-order valence-corrected chi connectivity index (χ3v) is 2.93. The summed E-state index contributed by atoms with van der Waals surface area (Å²) in [5.74, 6) is -5.03. The molecule has 0 radical (unpaired) electrons. The average Bonchev–Trinajstić information content (AvgIpc) is 2.53. The van der Waals surface area contributed by atoms with E-state index in [0.717, 1.165) is 0 Å². The number of nitrogens with two attached hydrogens (primary N) is 1. The number of rotatable bonds is 11. The van der Waals surface area contributed by atoms with E-state index in [4.69, 9.17) is 21.1 Å². The molecular formula is C13H22N4O8. The van der Waals surface area contributed by atoms with E-state index in [1.54, 1.807) is 0 Å². The maximum atomic E-state index is 12.0. The highest BCUT2D eigenvalue weighted by Crippen LogP contribution is 1.99. The van der Waals surface area contributed by atoms with Gasteiger partial charge in [-0.05, 0) is 13.3 Å². The maximum Gasteiger partial charge on any atom is 0.328 e. The molecule has 0 rings (SSSR count). The molecule has 12 nitrogen and oxygen atoms in total. The van der Waals surface area contributed by atoms with Crippen LogP contribution in [0.25, 0.3) is 0 Å². The van der Waals surface area contributed by atoms with Gasteiger partial charge < -0.3 is 37.0 Å². The van der Waals surface area contributed by atoms with Gasteiger partial charge in [-0.3, -0.25) is 19.2 Å². The molecule has 3 atom stereocenters. The van der Waals surface area contributed by atoms with E-state index in [2.05, 4.69) is 10.6 Å². The van der Waals surface area contributed by atoms with Gasteiger partial charge >= 0.3 is 11.9 Å². The molecule has 0 aromatic heterocycles. The van der Waals surface area contributed by atoms with Crippen molar-refractivity contribution >= 4 is 29.7 Å². The summed E-state index contributed by atoms with van der Waals surface area (Å²) in [6, 6.07) is -3.68. The SMILES string of the molecule is CC(N)C(=O)NC(CCC(=O)O)C(=O)NCC(=O)NC(CO)C(=O)O. The summed E-state index contributed by atoms with van der Waals surface area (Å²) in [5, 5.41) is 32.5. The van der Waals surface area contributed by atoms with E-state index in [9.17, 15) is 24.0 Å². The second-order valence-electron chi connectivity index (χ2n) is 5.14. The van der Waals surface area contributed by atoms with Gasteiger partial charge in [-0.25, -0.2) is 4.79 Å². The second-order valence-corrected chi connectivity index (χ2v) is 5.14. The number of aliphatic carboxylic acids is 2. The molecule has 0 bridgehead atoms. The molecule has 0 aliphatic heterocycles. The van der Waals surface area contributed by atoms with Gasteiger partial charge in [-0.1, -0.05) is 0 Å². The van der Waals surface area contributed by atoms with Crippen LogP contribution < -0.4 is 21.7 Å². The van der Waals surface area contributed by atoms with Gasteiger partial charge in [0.15, 0.2) is 0 Å². The van der Waals surface area contributed by atoms with E-state index in [1.807, 2.05) is 5.32 Å². The summed E-state index contributed by atoms with van der Waals surface area (Å²) >= 11 is 0. The Morgan fingerprint density at radius 2 is 1.60 bits per heavy atom. The fraction of sp³-hybridized carbons (Fsp3) is 0.615. The monoisotopic (exact) mass is 362 g/mol. The summed E-state index contributed by atoms with van der Waals surface area (Å²) in [4.78, 5) is 56.4. The highest BCUT2D eigenvalue weighted by molar-refractivity contribution is 5.92. The van der Waals surface area contributed by atoms with E-state index in [0.29, 0.717) is 0 Å². The summed E-state index contributed by atoms with van der Waals surface area (Å²) in [5.41, 5.74) is 5.36. The lowest BCUT2D eigenvalue weighted by molar-refractivity contribution is -0.142. The topological polar surface area (TPSA) is 208 Å². The van der Waals surface area contributed by atoms with E-state index < -0.39 is 67.4 Å². The number of carbonyl (C=O) groups excluding carboxylic acids is 3. The van der Waals surface area contributed by atoms with Crippen LogP contribution >= 0.6 is 0 Å². The number of aliphatic hydroxyl groups is 1. The van der Waals surface area contributed by atoms with Crippen LogP contribution in [-0.4, -0.2) is 76.3 Å². The van der Waals surface area contributed by atoms with Gasteiger partial charge in [0.25, 0.3) is 0 Å². The van der Waals surface area contributed by atoms with Gasteiger partial charge in [-0.15, -0.1) is 0 Å². The molecule has 0 fully saturated rings. The van der Waals surface area contributed by atoms with Gasteiger partial charge in [0.1, 0.15) is 12.1 Å². The molecule has 0 saturated carbocycles. The Morgan fingerprint density at radius 3 is 2.04 bits per heavy atom. The number of nitrogens with one attached hydrogen (secondary N) is 3. The first-order chi connectivity index (χ1) is 11.6. The Balaban J connectivity index is 4.68. The van der Waals surface area contributed by atoms with Crippen molar-refractivity contribution in [3.8, 4) is 0 Å². The smallest absolute Gasteiger partial charge is 0.328 e. The van der Waals surface area contributed by atoms with Crippen LogP contribution in [0.4, 0.5) is 0 Å². The molecule has 0 spiro atoms. The van der Waals surface area contributed by atoms with Crippen LogP contribution in [0.5, 0.6) is 0 Å². The van der Waals surface area contributed by atoms with Crippen molar-refractivity contribution in [2.75, 3.05) is 13.2 Å². The van der Waals surface area contributed by atoms with Crippen molar-refractivity contribution in [2.45, 2.75) is 37.9 Å². The summed E-state index contributed by atoms with van der Waals surface area (Å²) in [7, 11) is 0. The molecule has 0 heterocycles. The van der Waals surface area contributed by atoms with Crippen LogP contribution in [0.1, 0.15) is 19.8 Å². The van der Waals surface area contributed by atoms with Gasteiger partial charge in [0.2, 0.25) is 17.7 Å². The zero-order valence-corrected chi connectivity index (χ0v) is 13.5. The molecule has 3 unspecified atom stereocenters. The highest BCUT2D eigenvalue weighted by atomic mass is 16.4. The number of amides is 3. The Hall–Kier alpha value is -2.73. The standard InChI is InChI=1S/C13H22N4O8/c1-6(14)11(22)17-7(2-3-10(20)21)12(23)15-4-9(19)16-8(5-18)13(24)25/h6-8,18H,2-5,14H2,1H3,(H,15,23)(H,16,19)(H,17,22)(H,20,21)(H,24,25). The Kier molecular flexibility index (Phi) is 9.74. The molecule has 12 heteroatoms. The molecule has 25 heavy (non-hydrogen) atoms. The molecule has 0 aromatic rings. The fourth-order valence-electron chi connectivity index (χ4n) is 1.56. The van der Waals surface area contributed by atoms with Crippen molar-refractivity contribution < 1.29 is 39.3 Å². The van der Waals surface area contributed by atoms with Gasteiger partial charge in [0, 0.05) is 6.42 Å². The number of carboxylic acid groups (broad SMARTS) is 2. The third-order valence-electron chi connectivity index (χ3n) is 2.93. The van der Waals surface area contributed by atoms with Gasteiger partial charge in [-0.2, -0.15) is 0 Å². The van der Waals surface area contributed by atoms with Crippen LogP contribution in [0, 0.1) is 0 Å². The lowest BCUT2D eigenvalue weighted by atomic mass is 10.1. The lowest BCUT2D eigenvalue weighted by Gasteiger charge is -2.19. The first-order valence-electron chi connectivity index (χ1n) is 7.27. The third kappa shape index (κ3) is 9.22. The zero-order chi connectivity index (χ0) is 19.6. The quantitative estimate of drug-likeness (QED) is 0.193. The maximum absolute atomic E-state index is 12.0. The Morgan fingerprint density at radius 1 is 1.00 bits per heavy atom. The van der Waals surface area contributed by atoms with E-state index >= 15 is 0 Å². The molecule has 142 valence electrons. The number of aliphatic hydroxyl groups excluding tert-OH is 1. The molecule has 8 N–H and O–H groups in total. The second kappa shape index (κ2) is 10.9. The molecule has 0 aliphatic carbocycles. The van der Waals surface area contributed by atoms with Crippen molar-refractivity contribution in [3.63, 3.8) is 0 Å². The number of hydrogen-bond donors (Lipinski definition) is 7. The predicted molar refractivity (Wildman–Crippen MR) is 82.1 cm³/mol. The van der Waals surface area contributed by atoms with Gasteiger partial charge in [0.05, 0.1) is 19.2 Å². The van der Waals surface area contributed by atoms with E-state index in [-0.39, 0.29) is 6.42 Å². The predicted octanol–water partition coefficient (Wildman–Crippen LogP) is -3.64. The zero-order valence-electron chi connectivity index (χ0n) is 13.5. The van der Waals surface area contributed by atoms with Crippen molar-refractivity contribution in [1.29, 1.82) is 0 Å². The summed E-state index contributed by atoms with van der Waals surface area (Å²) in [6.07, 6.45) is -0.634. The van der Waals surface area contributed by atoms with Crippen molar-refractivity contribution in [2.24, 2.45) is 5.73 Å². The number of carbonyl (C=O) groups is 5. The van der Waals surface area contributed by atoms with Crippen LogP contribution in [0.2, 0.25) is 0 Å². The first-order valence-corrected chi connectivity index (χ1v) is 7.27. The van der Waals surface area contributed by atoms with Crippen LogP contribution in [-0.2, 0) is 24.0 Å². The Labute approximate surface area is 142 Å². The minimum absolute atomic E-state index is 0.227. The molecule has 3 amide bonds. The van der Waals surface area contributed by atoms with Crippen molar-refractivity contribution in [1.82, 2.24) is 16.0 Å². The summed E-state index contributed by atoms with van der Waals surface area (Å²) < 4.78 is 0. The molecule has 0 aromatic carbocycles. The van der Waals surface area contributed by atoms with E-state index in [1.165, 1.54) is 6.92 Å². The largest absolute Gasteiger partial charge is 0.481 e. The molecule has 0 aliphatic rings. The fourth-order valence-corrected chi connectivity index (χ4v) is 1.56. The highest BCUT2D eigenvalue weighted by Gasteiger charge is 2.24. The number of carboxylic acids is 2. The van der Waals surface area contributed by atoms with Crippen molar-refractivity contribution in [3.05, 3.63) is 0 Å².